The predicted octanol–water partition coefficient (Wildman–Crippen LogP) is 1.86. The third-order valence-corrected chi connectivity index (χ3v) is 3.08. The molecule has 0 saturated carbocycles. The number of hydrogen-bond acceptors (Lipinski definition) is 4. The van der Waals surface area contributed by atoms with Crippen molar-refractivity contribution in [1.82, 2.24) is 14.8 Å². The van der Waals surface area contributed by atoms with Crippen molar-refractivity contribution in [2.45, 2.75) is 13.5 Å². The zero-order valence-electron chi connectivity index (χ0n) is 10.1. The number of carbonyl (C=O) groups is 1. The van der Waals surface area contributed by atoms with E-state index in [1.54, 1.807) is 0 Å². The number of hydrogen-bond donors (Lipinski definition) is 1. The molecular formula is C12H10BrN5O. The molecule has 1 aromatic carbocycles. The minimum atomic E-state index is -0.249. The minimum absolute atomic E-state index is 0.00376. The molecule has 0 aliphatic heterocycles. The molecule has 0 unspecified atom stereocenters. The Balaban J connectivity index is 2.08. The summed E-state index contributed by atoms with van der Waals surface area (Å²) in [7, 11) is 0. The number of rotatable bonds is 3. The van der Waals surface area contributed by atoms with E-state index in [1.165, 1.54) is 10.9 Å². The second-order valence-electron chi connectivity index (χ2n) is 3.93. The maximum atomic E-state index is 11.9. The molecule has 0 aliphatic carbocycles. The van der Waals surface area contributed by atoms with E-state index in [1.807, 2.05) is 31.2 Å². The Morgan fingerprint density at radius 3 is 3.05 bits per heavy atom. The summed E-state index contributed by atoms with van der Waals surface area (Å²) in [6.45, 7) is 1.96. The van der Waals surface area contributed by atoms with Gasteiger partial charge in [0.05, 0.1) is 5.69 Å². The number of nitrogens with zero attached hydrogens (tertiary/aromatic N) is 4. The highest BCUT2D eigenvalue weighted by Crippen LogP contribution is 2.23. The van der Waals surface area contributed by atoms with Gasteiger partial charge in [0.2, 0.25) is 11.7 Å². The highest BCUT2D eigenvalue weighted by Gasteiger charge is 2.09. The van der Waals surface area contributed by atoms with Crippen LogP contribution in [-0.4, -0.2) is 20.7 Å². The van der Waals surface area contributed by atoms with E-state index in [0.717, 1.165) is 10.0 Å². The van der Waals surface area contributed by atoms with Crippen LogP contribution in [0.25, 0.3) is 0 Å². The summed E-state index contributed by atoms with van der Waals surface area (Å²) in [6, 6.07) is 7.49. The first-order valence-corrected chi connectivity index (χ1v) is 6.23. The number of aryl methyl sites for hydroxylation is 1. The Morgan fingerprint density at radius 2 is 2.37 bits per heavy atom. The fraction of sp³-hybridized carbons (Fsp3) is 0.167. The van der Waals surface area contributed by atoms with E-state index < -0.39 is 0 Å². The highest BCUT2D eigenvalue weighted by atomic mass is 79.9. The molecule has 7 heteroatoms. The van der Waals surface area contributed by atoms with Crippen molar-refractivity contribution in [2.75, 3.05) is 5.32 Å². The summed E-state index contributed by atoms with van der Waals surface area (Å²) in [6.07, 6.45) is 1.35. The molecule has 1 N–H and O–H groups in total. The topological polar surface area (TPSA) is 83.6 Å². The van der Waals surface area contributed by atoms with E-state index >= 15 is 0 Å². The maximum absolute atomic E-state index is 11.9. The fourth-order valence-corrected chi connectivity index (χ4v) is 2.12. The number of benzene rings is 1. The Labute approximate surface area is 118 Å². The molecule has 19 heavy (non-hydrogen) atoms. The molecule has 1 amide bonds. The molecule has 1 heterocycles. The van der Waals surface area contributed by atoms with Crippen LogP contribution >= 0.6 is 15.9 Å². The van der Waals surface area contributed by atoms with Gasteiger partial charge in [0.1, 0.15) is 18.9 Å². The molecule has 0 aliphatic rings. The number of aromatic nitrogens is 3. The lowest BCUT2D eigenvalue weighted by Crippen LogP contribution is -2.19. The summed E-state index contributed by atoms with van der Waals surface area (Å²) in [5.74, 6) is -0.140. The normalized spacial score (nSPS) is 9.95. The van der Waals surface area contributed by atoms with Gasteiger partial charge < -0.3 is 5.32 Å². The summed E-state index contributed by atoms with van der Waals surface area (Å²) >= 11 is 3.38. The summed E-state index contributed by atoms with van der Waals surface area (Å²) in [5, 5.41) is 18.7. The zero-order chi connectivity index (χ0) is 13.8. The van der Waals surface area contributed by atoms with Crippen LogP contribution in [-0.2, 0) is 11.3 Å². The lowest BCUT2D eigenvalue weighted by Gasteiger charge is -2.08. The van der Waals surface area contributed by atoms with Gasteiger partial charge >= 0.3 is 0 Å². The van der Waals surface area contributed by atoms with Crippen molar-refractivity contribution in [2.24, 2.45) is 0 Å². The van der Waals surface area contributed by atoms with Crippen molar-refractivity contribution in [1.29, 1.82) is 5.26 Å². The first kappa shape index (κ1) is 13.2. The number of nitriles is 1. The lowest BCUT2D eigenvalue weighted by molar-refractivity contribution is -0.116. The van der Waals surface area contributed by atoms with E-state index in [2.05, 4.69) is 31.4 Å². The van der Waals surface area contributed by atoms with Crippen molar-refractivity contribution < 1.29 is 4.79 Å². The number of amides is 1. The van der Waals surface area contributed by atoms with Crippen LogP contribution in [0.5, 0.6) is 0 Å². The molecular weight excluding hydrogens is 310 g/mol. The van der Waals surface area contributed by atoms with Gasteiger partial charge in [0.15, 0.2) is 0 Å². The van der Waals surface area contributed by atoms with Gasteiger partial charge in [-0.25, -0.2) is 0 Å². The minimum Gasteiger partial charge on any atom is -0.324 e. The average Bonchev–Trinajstić information content (AvgIpc) is 2.80. The van der Waals surface area contributed by atoms with Crippen molar-refractivity contribution in [3.63, 3.8) is 0 Å². The largest absolute Gasteiger partial charge is 0.324 e. The molecule has 96 valence electrons. The van der Waals surface area contributed by atoms with Crippen LogP contribution in [0.2, 0.25) is 0 Å². The van der Waals surface area contributed by atoms with Crippen molar-refractivity contribution in [3.8, 4) is 6.07 Å². The Bertz CT molecular complexity index is 658. The quantitative estimate of drug-likeness (QED) is 0.935. The first-order chi connectivity index (χ1) is 9.10. The molecule has 0 spiro atoms. The van der Waals surface area contributed by atoms with Gasteiger partial charge in [0, 0.05) is 4.47 Å². The predicted molar refractivity (Wildman–Crippen MR) is 72.2 cm³/mol. The highest BCUT2D eigenvalue weighted by molar-refractivity contribution is 9.10. The van der Waals surface area contributed by atoms with Gasteiger partial charge in [-0.15, -0.1) is 10.2 Å². The van der Waals surface area contributed by atoms with E-state index in [4.69, 9.17) is 5.26 Å². The molecule has 6 nitrogen and oxygen atoms in total. The van der Waals surface area contributed by atoms with Crippen molar-refractivity contribution >= 4 is 27.5 Å². The van der Waals surface area contributed by atoms with E-state index in [9.17, 15) is 4.79 Å². The SMILES string of the molecule is Cc1ccc(NC(=O)Cn2cnnc2C#N)c(Br)c1. The Morgan fingerprint density at radius 1 is 1.58 bits per heavy atom. The van der Waals surface area contributed by atoms with Crippen LogP contribution in [0.1, 0.15) is 11.4 Å². The van der Waals surface area contributed by atoms with Crippen LogP contribution in [0.15, 0.2) is 29.0 Å². The van der Waals surface area contributed by atoms with E-state index in [-0.39, 0.29) is 18.3 Å². The molecule has 2 aromatic rings. The fourth-order valence-electron chi connectivity index (χ4n) is 1.52. The molecule has 0 fully saturated rings. The van der Waals surface area contributed by atoms with Gasteiger partial charge in [-0.3, -0.25) is 9.36 Å². The summed E-state index contributed by atoms with van der Waals surface area (Å²) in [5.41, 5.74) is 1.78. The molecule has 0 bridgehead atoms. The number of halogens is 1. The number of nitrogens with one attached hydrogen (secondary N) is 1. The van der Waals surface area contributed by atoms with Crippen LogP contribution in [0, 0.1) is 18.3 Å². The number of anilines is 1. The molecule has 0 saturated heterocycles. The van der Waals surface area contributed by atoms with Crippen LogP contribution in [0.3, 0.4) is 0 Å². The molecule has 0 atom stereocenters. The third kappa shape index (κ3) is 3.17. The Kier molecular flexibility index (Phi) is 3.92. The Hall–Kier alpha value is -2.20. The average molecular weight is 320 g/mol. The van der Waals surface area contributed by atoms with Gasteiger partial charge in [-0.2, -0.15) is 5.26 Å². The summed E-state index contributed by atoms with van der Waals surface area (Å²) < 4.78 is 2.20. The van der Waals surface area contributed by atoms with Gasteiger partial charge in [-0.05, 0) is 40.5 Å². The van der Waals surface area contributed by atoms with E-state index in [0.29, 0.717) is 5.69 Å². The first-order valence-electron chi connectivity index (χ1n) is 5.44. The zero-order valence-corrected chi connectivity index (χ0v) is 11.7. The van der Waals surface area contributed by atoms with Gasteiger partial charge in [-0.1, -0.05) is 6.07 Å². The lowest BCUT2D eigenvalue weighted by atomic mass is 10.2. The third-order valence-electron chi connectivity index (χ3n) is 2.43. The second-order valence-corrected chi connectivity index (χ2v) is 4.78. The van der Waals surface area contributed by atoms with Crippen molar-refractivity contribution in [3.05, 3.63) is 40.4 Å². The number of carbonyl (C=O) groups excluding carboxylic acids is 1. The molecule has 1 aromatic heterocycles. The monoisotopic (exact) mass is 319 g/mol. The smallest absolute Gasteiger partial charge is 0.244 e. The maximum Gasteiger partial charge on any atom is 0.244 e. The molecule has 0 radical (unpaired) electrons. The molecule has 2 rings (SSSR count). The van der Waals surface area contributed by atoms with Gasteiger partial charge in [0.25, 0.3) is 0 Å². The summed E-state index contributed by atoms with van der Waals surface area (Å²) in [4.78, 5) is 11.9. The standard InChI is InChI=1S/C12H10BrN5O/c1-8-2-3-10(9(13)4-8)16-12(19)6-18-7-15-17-11(18)5-14/h2-4,7H,6H2,1H3,(H,16,19). The van der Waals surface area contributed by atoms with Crippen LogP contribution < -0.4 is 5.32 Å². The van der Waals surface area contributed by atoms with Crippen LogP contribution in [0.4, 0.5) is 5.69 Å². The second kappa shape index (κ2) is 5.63.